The Hall–Kier alpha value is -3.57. The van der Waals surface area contributed by atoms with E-state index in [1.54, 1.807) is 12.4 Å². The molecular weight excluding hydrogens is 446 g/mol. The van der Waals surface area contributed by atoms with Crippen LogP contribution in [0, 0.1) is 0 Å². The van der Waals surface area contributed by atoms with Crippen molar-refractivity contribution in [3.63, 3.8) is 0 Å². The monoisotopic (exact) mass is 469 g/mol. The number of amides is 1. The standard InChI is InChI=1S/C22H23N5O5S/c1-14(28)25-16-4-6-17(7-5-16)33(31,32)24-10-2-12-27-21(22(29)30)19-8-3-15-13-23-11-9-18(15)20(19)26-27/h4-7,9,11,13,24H,2-3,8,10,12H2,1H3,(H,25,28)(H,29,30). The van der Waals surface area contributed by atoms with Crippen LogP contribution in [0.25, 0.3) is 11.3 Å². The molecule has 1 aromatic carbocycles. The molecule has 0 saturated heterocycles. The molecule has 4 rings (SSSR count). The van der Waals surface area contributed by atoms with Gasteiger partial charge in [-0.15, -0.1) is 0 Å². The molecule has 172 valence electrons. The summed E-state index contributed by atoms with van der Waals surface area (Å²) in [6.07, 6.45) is 5.05. The molecule has 0 atom stereocenters. The van der Waals surface area contributed by atoms with Crippen molar-refractivity contribution < 1.29 is 23.1 Å². The van der Waals surface area contributed by atoms with Crippen molar-refractivity contribution in [3.05, 3.63) is 59.5 Å². The number of aryl methyl sites for hydroxylation is 2. The Morgan fingerprint density at radius 2 is 1.91 bits per heavy atom. The SMILES string of the molecule is CC(=O)Nc1ccc(S(=O)(=O)NCCCn2nc3c(c2C(=O)O)CCc2cnccc2-3)cc1. The Kier molecular flexibility index (Phi) is 6.25. The number of hydrogen-bond donors (Lipinski definition) is 3. The molecule has 0 saturated carbocycles. The van der Waals surface area contributed by atoms with E-state index in [1.807, 2.05) is 6.07 Å². The van der Waals surface area contributed by atoms with Crippen molar-refractivity contribution in [2.45, 2.75) is 37.6 Å². The summed E-state index contributed by atoms with van der Waals surface area (Å²) in [5.41, 5.74) is 3.91. The van der Waals surface area contributed by atoms with E-state index in [4.69, 9.17) is 0 Å². The van der Waals surface area contributed by atoms with E-state index in [0.29, 0.717) is 36.2 Å². The number of fused-ring (bicyclic) bond motifs is 3. The number of carbonyl (C=O) groups excluding carboxylic acids is 1. The Morgan fingerprint density at radius 3 is 2.61 bits per heavy atom. The Morgan fingerprint density at radius 1 is 1.15 bits per heavy atom. The first-order valence-corrected chi connectivity index (χ1v) is 11.9. The van der Waals surface area contributed by atoms with Crippen LogP contribution in [-0.4, -0.2) is 46.7 Å². The number of benzene rings is 1. The molecule has 1 aliphatic carbocycles. The molecule has 11 heteroatoms. The number of sulfonamides is 1. The van der Waals surface area contributed by atoms with Crippen molar-refractivity contribution in [1.82, 2.24) is 19.5 Å². The predicted molar refractivity (Wildman–Crippen MR) is 120 cm³/mol. The van der Waals surface area contributed by atoms with Crippen LogP contribution in [0.3, 0.4) is 0 Å². The van der Waals surface area contributed by atoms with Crippen molar-refractivity contribution in [2.24, 2.45) is 0 Å². The normalized spacial score (nSPS) is 12.6. The predicted octanol–water partition coefficient (Wildman–Crippen LogP) is 2.07. The van der Waals surface area contributed by atoms with Crippen molar-refractivity contribution >= 4 is 27.6 Å². The molecule has 1 amide bonds. The lowest BCUT2D eigenvalue weighted by Crippen LogP contribution is -2.26. The second kappa shape index (κ2) is 9.12. The van der Waals surface area contributed by atoms with E-state index < -0.39 is 16.0 Å². The first-order valence-electron chi connectivity index (χ1n) is 10.4. The molecule has 2 heterocycles. The maximum absolute atomic E-state index is 12.5. The minimum Gasteiger partial charge on any atom is -0.477 e. The first-order chi connectivity index (χ1) is 15.8. The van der Waals surface area contributed by atoms with Crippen molar-refractivity contribution in [3.8, 4) is 11.3 Å². The number of nitrogens with one attached hydrogen (secondary N) is 2. The van der Waals surface area contributed by atoms with E-state index in [9.17, 15) is 23.1 Å². The van der Waals surface area contributed by atoms with Gasteiger partial charge >= 0.3 is 5.97 Å². The third kappa shape index (κ3) is 4.78. The van der Waals surface area contributed by atoms with Crippen molar-refractivity contribution in [2.75, 3.05) is 11.9 Å². The first kappa shape index (κ1) is 22.6. The van der Waals surface area contributed by atoms with Crippen LogP contribution < -0.4 is 10.0 Å². The van der Waals surface area contributed by atoms with Gasteiger partial charge in [0.2, 0.25) is 15.9 Å². The van der Waals surface area contributed by atoms with E-state index in [2.05, 4.69) is 20.1 Å². The number of nitrogens with zero attached hydrogens (tertiary/aromatic N) is 3. The van der Waals surface area contributed by atoms with Crippen LogP contribution >= 0.6 is 0 Å². The largest absolute Gasteiger partial charge is 0.477 e. The van der Waals surface area contributed by atoms with Gasteiger partial charge in [0.05, 0.1) is 10.6 Å². The van der Waals surface area contributed by atoms with Crippen LogP contribution in [0.4, 0.5) is 5.69 Å². The second-order valence-corrected chi connectivity index (χ2v) is 9.46. The highest BCUT2D eigenvalue weighted by atomic mass is 32.2. The number of pyridine rings is 1. The second-order valence-electron chi connectivity index (χ2n) is 7.69. The summed E-state index contributed by atoms with van der Waals surface area (Å²) in [6.45, 7) is 1.73. The third-order valence-corrected chi connectivity index (χ3v) is 6.86. The average molecular weight is 470 g/mol. The van der Waals surface area contributed by atoms with E-state index in [1.165, 1.54) is 35.9 Å². The fourth-order valence-corrected chi connectivity index (χ4v) is 4.98. The lowest BCUT2D eigenvalue weighted by Gasteiger charge is -2.14. The highest BCUT2D eigenvalue weighted by molar-refractivity contribution is 7.89. The van der Waals surface area contributed by atoms with Gasteiger partial charge in [0.25, 0.3) is 0 Å². The summed E-state index contributed by atoms with van der Waals surface area (Å²) in [5.74, 6) is -1.30. The summed E-state index contributed by atoms with van der Waals surface area (Å²) in [7, 11) is -3.74. The number of rotatable bonds is 8. The fourth-order valence-electron chi connectivity index (χ4n) is 3.91. The molecule has 33 heavy (non-hydrogen) atoms. The average Bonchev–Trinajstić information content (AvgIpc) is 3.16. The van der Waals surface area contributed by atoms with Gasteiger partial charge < -0.3 is 10.4 Å². The van der Waals surface area contributed by atoms with E-state index in [-0.39, 0.29) is 29.6 Å². The van der Waals surface area contributed by atoms with Crippen LogP contribution in [0.2, 0.25) is 0 Å². The zero-order valence-corrected chi connectivity index (χ0v) is 18.7. The van der Waals surface area contributed by atoms with Gasteiger partial charge in [0.1, 0.15) is 5.69 Å². The smallest absolute Gasteiger partial charge is 0.354 e. The van der Waals surface area contributed by atoms with E-state index in [0.717, 1.165) is 11.1 Å². The Labute approximate surface area is 190 Å². The number of carboxylic acids is 1. The van der Waals surface area contributed by atoms with E-state index >= 15 is 0 Å². The molecule has 0 unspecified atom stereocenters. The summed E-state index contributed by atoms with van der Waals surface area (Å²) in [5, 5.41) is 16.9. The van der Waals surface area contributed by atoms with Gasteiger partial charge in [0.15, 0.2) is 0 Å². The number of carbonyl (C=O) groups is 2. The Bertz CT molecular complexity index is 1320. The zero-order chi connectivity index (χ0) is 23.6. The molecule has 0 aliphatic heterocycles. The molecule has 0 bridgehead atoms. The minimum absolute atomic E-state index is 0.0718. The lowest BCUT2D eigenvalue weighted by molar-refractivity contribution is -0.114. The molecule has 0 radical (unpaired) electrons. The topological polar surface area (TPSA) is 143 Å². The molecule has 0 fully saturated rings. The van der Waals surface area contributed by atoms with Gasteiger partial charge in [-0.1, -0.05) is 0 Å². The van der Waals surface area contributed by atoms with Gasteiger partial charge in [-0.2, -0.15) is 5.10 Å². The van der Waals surface area contributed by atoms with Gasteiger partial charge in [-0.25, -0.2) is 17.9 Å². The third-order valence-electron chi connectivity index (χ3n) is 5.38. The van der Waals surface area contributed by atoms with Gasteiger partial charge in [-0.3, -0.25) is 14.5 Å². The van der Waals surface area contributed by atoms with Crippen molar-refractivity contribution in [1.29, 1.82) is 0 Å². The molecule has 2 aromatic heterocycles. The van der Waals surface area contributed by atoms with Crippen LogP contribution in [-0.2, 0) is 34.2 Å². The molecular formula is C22H23N5O5S. The zero-order valence-electron chi connectivity index (χ0n) is 17.9. The molecule has 0 spiro atoms. The highest BCUT2D eigenvalue weighted by Crippen LogP contribution is 2.34. The Balaban J connectivity index is 1.43. The number of hydrogen-bond acceptors (Lipinski definition) is 6. The lowest BCUT2D eigenvalue weighted by atomic mass is 9.90. The van der Waals surface area contributed by atoms with Crippen LogP contribution in [0.1, 0.15) is 35.0 Å². The maximum atomic E-state index is 12.5. The molecule has 3 N–H and O–H groups in total. The highest BCUT2D eigenvalue weighted by Gasteiger charge is 2.28. The quantitative estimate of drug-likeness (QED) is 0.429. The molecule has 10 nitrogen and oxygen atoms in total. The van der Waals surface area contributed by atoms with Gasteiger partial charge in [0, 0.05) is 49.2 Å². The number of carboxylic acid groups (broad SMARTS) is 1. The fraction of sp³-hybridized carbons (Fsp3) is 0.273. The number of aromatic nitrogens is 3. The molecule has 1 aliphatic rings. The molecule has 3 aromatic rings. The summed E-state index contributed by atoms with van der Waals surface area (Å²) in [6, 6.07) is 7.67. The van der Waals surface area contributed by atoms with Gasteiger partial charge in [-0.05, 0) is 55.2 Å². The number of anilines is 1. The minimum atomic E-state index is -3.74. The summed E-state index contributed by atoms with van der Waals surface area (Å²) >= 11 is 0. The maximum Gasteiger partial charge on any atom is 0.354 e. The summed E-state index contributed by atoms with van der Waals surface area (Å²) < 4.78 is 29.0. The van der Waals surface area contributed by atoms with Crippen LogP contribution in [0.5, 0.6) is 0 Å². The summed E-state index contributed by atoms with van der Waals surface area (Å²) in [4.78, 5) is 27.2. The van der Waals surface area contributed by atoms with Crippen LogP contribution in [0.15, 0.2) is 47.6 Å². The number of aromatic carboxylic acids is 1.